The molecular weight excluding hydrogens is 176 g/mol. The van der Waals surface area contributed by atoms with Crippen LogP contribution in [0.5, 0.6) is 0 Å². The topological polar surface area (TPSA) is 26.3 Å². The maximum absolute atomic E-state index is 11.0. The Bertz CT molecular complexity index is 301. The van der Waals surface area contributed by atoms with Crippen LogP contribution in [0.15, 0.2) is 36.4 Å². The average Bonchev–Trinajstić information content (AvgIpc) is 2.20. The quantitative estimate of drug-likeness (QED) is 0.682. The van der Waals surface area contributed by atoms with Crippen LogP contribution in [0.1, 0.15) is 18.9 Å². The Balaban J connectivity index is 2.38. The predicted octanol–water partition coefficient (Wildman–Crippen LogP) is 2.65. The molecule has 0 saturated carbocycles. The van der Waals surface area contributed by atoms with Crippen LogP contribution in [0.2, 0.25) is 0 Å². The number of benzene rings is 1. The normalized spacial score (nSPS) is 10.4. The molecule has 0 bridgehead atoms. The summed E-state index contributed by atoms with van der Waals surface area (Å²) in [6, 6.07) is 9.86. The molecule has 0 aliphatic heterocycles. The third kappa shape index (κ3) is 3.90. The Morgan fingerprint density at radius 3 is 2.71 bits per heavy atom. The standard InChI is InChI=1S/C12H14O2/c1-2-14-12(13)10-6-9-11-7-4-3-5-8-11/h3-9H,2,10H2,1H3/b9-6-. The van der Waals surface area contributed by atoms with Gasteiger partial charge in [0.25, 0.3) is 0 Å². The van der Waals surface area contributed by atoms with Gasteiger partial charge in [-0.1, -0.05) is 42.5 Å². The van der Waals surface area contributed by atoms with E-state index in [2.05, 4.69) is 0 Å². The first-order chi connectivity index (χ1) is 6.83. The highest BCUT2D eigenvalue weighted by Crippen LogP contribution is 2.02. The van der Waals surface area contributed by atoms with Gasteiger partial charge in [-0.2, -0.15) is 0 Å². The van der Waals surface area contributed by atoms with Gasteiger partial charge in [-0.25, -0.2) is 0 Å². The van der Waals surface area contributed by atoms with Crippen molar-refractivity contribution in [1.29, 1.82) is 0 Å². The van der Waals surface area contributed by atoms with Crippen LogP contribution in [0.4, 0.5) is 0 Å². The van der Waals surface area contributed by atoms with E-state index in [0.717, 1.165) is 5.56 Å². The van der Waals surface area contributed by atoms with Crippen LogP contribution in [0.3, 0.4) is 0 Å². The van der Waals surface area contributed by atoms with Crippen molar-refractivity contribution in [2.45, 2.75) is 13.3 Å². The molecule has 1 aromatic rings. The van der Waals surface area contributed by atoms with Gasteiger partial charge in [0.05, 0.1) is 13.0 Å². The van der Waals surface area contributed by atoms with E-state index in [9.17, 15) is 4.79 Å². The molecule has 0 saturated heterocycles. The Morgan fingerprint density at radius 1 is 1.36 bits per heavy atom. The smallest absolute Gasteiger partial charge is 0.309 e. The Kier molecular flexibility index (Phi) is 4.48. The van der Waals surface area contributed by atoms with Crippen LogP contribution < -0.4 is 0 Å². The molecule has 0 amide bonds. The van der Waals surface area contributed by atoms with Crippen LogP contribution in [-0.4, -0.2) is 12.6 Å². The van der Waals surface area contributed by atoms with Gasteiger partial charge in [0.15, 0.2) is 0 Å². The van der Waals surface area contributed by atoms with Crippen molar-refractivity contribution in [3.8, 4) is 0 Å². The molecule has 0 unspecified atom stereocenters. The minimum absolute atomic E-state index is 0.181. The lowest BCUT2D eigenvalue weighted by Gasteiger charge is -1.96. The molecule has 0 heterocycles. The summed E-state index contributed by atoms with van der Waals surface area (Å²) >= 11 is 0. The van der Waals surface area contributed by atoms with Gasteiger partial charge in [0.2, 0.25) is 0 Å². The lowest BCUT2D eigenvalue weighted by atomic mass is 10.2. The first kappa shape index (κ1) is 10.5. The SMILES string of the molecule is CCOC(=O)C/C=C\c1ccccc1. The monoisotopic (exact) mass is 190 g/mol. The van der Waals surface area contributed by atoms with Crippen molar-refractivity contribution in [2.75, 3.05) is 6.61 Å². The molecule has 0 fully saturated rings. The molecule has 0 spiro atoms. The van der Waals surface area contributed by atoms with Gasteiger partial charge in [-0.15, -0.1) is 0 Å². The van der Waals surface area contributed by atoms with Crippen LogP contribution in [0, 0.1) is 0 Å². The van der Waals surface area contributed by atoms with Gasteiger partial charge < -0.3 is 4.74 Å². The molecule has 0 aliphatic rings. The first-order valence-electron chi connectivity index (χ1n) is 4.70. The lowest BCUT2D eigenvalue weighted by molar-refractivity contribution is -0.142. The van der Waals surface area contributed by atoms with E-state index < -0.39 is 0 Å². The fraction of sp³-hybridized carbons (Fsp3) is 0.250. The second kappa shape index (κ2) is 5.97. The first-order valence-corrected chi connectivity index (χ1v) is 4.70. The van der Waals surface area contributed by atoms with E-state index in [0.29, 0.717) is 13.0 Å². The summed E-state index contributed by atoms with van der Waals surface area (Å²) < 4.78 is 4.79. The third-order valence-electron chi connectivity index (χ3n) is 1.70. The summed E-state index contributed by atoms with van der Waals surface area (Å²) in [6.07, 6.45) is 4.06. The maximum Gasteiger partial charge on any atom is 0.309 e. The zero-order valence-corrected chi connectivity index (χ0v) is 8.27. The molecule has 0 aromatic heterocycles. The summed E-state index contributed by atoms with van der Waals surface area (Å²) in [5.41, 5.74) is 1.09. The molecule has 2 heteroatoms. The van der Waals surface area contributed by atoms with Crippen molar-refractivity contribution < 1.29 is 9.53 Å². The average molecular weight is 190 g/mol. The Hall–Kier alpha value is -1.57. The number of hydrogen-bond acceptors (Lipinski definition) is 2. The number of esters is 1. The number of hydrogen-bond donors (Lipinski definition) is 0. The van der Waals surface area contributed by atoms with Crippen LogP contribution >= 0.6 is 0 Å². The van der Waals surface area contributed by atoms with Gasteiger partial charge in [-0.05, 0) is 12.5 Å². The highest BCUT2D eigenvalue weighted by molar-refractivity contribution is 5.72. The summed E-state index contributed by atoms with van der Waals surface area (Å²) in [5.74, 6) is -0.181. The van der Waals surface area contributed by atoms with Crippen LogP contribution in [0.25, 0.3) is 6.08 Å². The fourth-order valence-corrected chi connectivity index (χ4v) is 1.08. The summed E-state index contributed by atoms with van der Waals surface area (Å²) in [4.78, 5) is 11.0. The Labute approximate surface area is 84.2 Å². The van der Waals surface area contributed by atoms with E-state index in [1.165, 1.54) is 0 Å². The van der Waals surface area contributed by atoms with Crippen molar-refractivity contribution in [2.24, 2.45) is 0 Å². The van der Waals surface area contributed by atoms with Crippen LogP contribution in [-0.2, 0) is 9.53 Å². The molecule has 0 aliphatic carbocycles. The highest BCUT2D eigenvalue weighted by Gasteiger charge is 1.95. The lowest BCUT2D eigenvalue weighted by Crippen LogP contribution is -2.01. The summed E-state index contributed by atoms with van der Waals surface area (Å²) in [7, 11) is 0. The molecule has 0 atom stereocenters. The zero-order valence-electron chi connectivity index (χ0n) is 8.27. The minimum Gasteiger partial charge on any atom is -0.466 e. The number of carbonyl (C=O) groups excluding carboxylic acids is 1. The van der Waals surface area contributed by atoms with Gasteiger partial charge in [0.1, 0.15) is 0 Å². The minimum atomic E-state index is -0.181. The van der Waals surface area contributed by atoms with Gasteiger partial charge in [0, 0.05) is 0 Å². The van der Waals surface area contributed by atoms with Crippen molar-refractivity contribution >= 4 is 12.0 Å². The Morgan fingerprint density at radius 2 is 2.07 bits per heavy atom. The molecule has 0 radical (unpaired) electrons. The van der Waals surface area contributed by atoms with Crippen molar-refractivity contribution in [3.05, 3.63) is 42.0 Å². The second-order valence-corrected chi connectivity index (χ2v) is 2.82. The van der Waals surface area contributed by atoms with E-state index in [-0.39, 0.29) is 5.97 Å². The summed E-state index contributed by atoms with van der Waals surface area (Å²) in [5, 5.41) is 0. The van der Waals surface area contributed by atoms with E-state index in [1.54, 1.807) is 6.92 Å². The molecule has 2 nitrogen and oxygen atoms in total. The molecule has 1 aromatic carbocycles. The number of rotatable bonds is 4. The highest BCUT2D eigenvalue weighted by atomic mass is 16.5. The van der Waals surface area contributed by atoms with E-state index in [4.69, 9.17) is 4.74 Å². The second-order valence-electron chi connectivity index (χ2n) is 2.82. The maximum atomic E-state index is 11.0. The fourth-order valence-electron chi connectivity index (χ4n) is 1.08. The number of ether oxygens (including phenoxy) is 1. The predicted molar refractivity (Wildman–Crippen MR) is 56.7 cm³/mol. The van der Waals surface area contributed by atoms with Crippen molar-refractivity contribution in [3.63, 3.8) is 0 Å². The molecule has 74 valence electrons. The van der Waals surface area contributed by atoms with Gasteiger partial charge >= 0.3 is 5.97 Å². The van der Waals surface area contributed by atoms with Crippen molar-refractivity contribution in [1.82, 2.24) is 0 Å². The third-order valence-corrected chi connectivity index (χ3v) is 1.70. The van der Waals surface area contributed by atoms with E-state index >= 15 is 0 Å². The summed E-state index contributed by atoms with van der Waals surface area (Å²) in [6.45, 7) is 2.25. The van der Waals surface area contributed by atoms with Gasteiger partial charge in [-0.3, -0.25) is 4.79 Å². The zero-order chi connectivity index (χ0) is 10.2. The molecule has 14 heavy (non-hydrogen) atoms. The number of carbonyl (C=O) groups is 1. The molecular formula is C12H14O2. The molecule has 0 N–H and O–H groups in total. The largest absolute Gasteiger partial charge is 0.466 e. The molecule has 1 rings (SSSR count). The van der Waals surface area contributed by atoms with E-state index in [1.807, 2.05) is 42.5 Å².